The van der Waals surface area contributed by atoms with Crippen molar-refractivity contribution < 1.29 is 37.0 Å². The Hall–Kier alpha value is -5.31. The average molecular weight is 638 g/mol. The predicted molar refractivity (Wildman–Crippen MR) is 158 cm³/mol. The van der Waals surface area contributed by atoms with Crippen LogP contribution in [-0.4, -0.2) is 56.0 Å². The molecule has 0 atom stereocenters. The number of hydrogen-bond acceptors (Lipinski definition) is 8. The molecule has 0 bridgehead atoms. The highest BCUT2D eigenvalue weighted by molar-refractivity contribution is 6.06. The summed E-state index contributed by atoms with van der Waals surface area (Å²) in [6, 6.07) is 10.3. The molecule has 11 nitrogen and oxygen atoms in total. The number of fused-ring (bicyclic) bond motifs is 1. The summed E-state index contributed by atoms with van der Waals surface area (Å²) in [5, 5.41) is 17.5. The first kappa shape index (κ1) is 30.7. The molecule has 2 aromatic carbocycles. The number of carbonyl (C=O) groups is 1. The molecule has 1 fully saturated rings. The zero-order chi connectivity index (χ0) is 32.6. The van der Waals surface area contributed by atoms with Crippen molar-refractivity contribution >= 4 is 28.4 Å². The fourth-order valence-corrected chi connectivity index (χ4v) is 5.59. The Morgan fingerprint density at radius 1 is 1.11 bits per heavy atom. The number of pyridine rings is 1. The van der Waals surface area contributed by atoms with Gasteiger partial charge in [0.25, 0.3) is 5.91 Å². The average Bonchev–Trinajstić information content (AvgIpc) is 3.43. The van der Waals surface area contributed by atoms with Gasteiger partial charge in [-0.25, -0.2) is 19.0 Å². The van der Waals surface area contributed by atoms with Crippen molar-refractivity contribution in [2.75, 3.05) is 31.2 Å². The number of halogens is 4. The van der Waals surface area contributed by atoms with Gasteiger partial charge in [-0.1, -0.05) is 6.07 Å². The highest BCUT2D eigenvalue weighted by Crippen LogP contribution is 2.38. The summed E-state index contributed by atoms with van der Waals surface area (Å²) in [6.45, 7) is 2.39. The lowest BCUT2D eigenvalue weighted by Gasteiger charge is -2.32. The van der Waals surface area contributed by atoms with Gasteiger partial charge in [0, 0.05) is 42.1 Å². The second kappa shape index (κ2) is 12.2. The Kier molecular flexibility index (Phi) is 8.17. The number of nitrogens with two attached hydrogens (primary N) is 1. The van der Waals surface area contributed by atoms with Crippen molar-refractivity contribution in [2.24, 2.45) is 0 Å². The van der Waals surface area contributed by atoms with Crippen LogP contribution >= 0.6 is 0 Å². The van der Waals surface area contributed by atoms with E-state index < -0.39 is 29.0 Å². The van der Waals surface area contributed by atoms with Gasteiger partial charge in [0.2, 0.25) is 12.4 Å². The highest BCUT2D eigenvalue weighted by Gasteiger charge is 2.32. The smallest absolute Gasteiger partial charge is 0.416 e. The van der Waals surface area contributed by atoms with Crippen molar-refractivity contribution in [3.05, 3.63) is 89.8 Å². The summed E-state index contributed by atoms with van der Waals surface area (Å²) >= 11 is 0. The third-order valence-corrected chi connectivity index (χ3v) is 7.97. The van der Waals surface area contributed by atoms with E-state index in [0.29, 0.717) is 28.4 Å². The van der Waals surface area contributed by atoms with Gasteiger partial charge in [-0.05, 0) is 48.7 Å². The van der Waals surface area contributed by atoms with E-state index in [1.54, 1.807) is 24.5 Å². The molecule has 4 N–H and O–H groups in total. The van der Waals surface area contributed by atoms with Crippen molar-refractivity contribution in [3.63, 3.8) is 0 Å². The van der Waals surface area contributed by atoms with Crippen LogP contribution < -0.4 is 20.5 Å². The molecule has 6 rings (SSSR count). The van der Waals surface area contributed by atoms with Crippen LogP contribution in [0.3, 0.4) is 0 Å². The zero-order valence-corrected chi connectivity index (χ0v) is 24.5. The number of aromatic nitrogens is 5. The van der Waals surface area contributed by atoms with Gasteiger partial charge >= 0.3 is 6.18 Å². The number of methoxy groups -OCH3 is 1. The summed E-state index contributed by atoms with van der Waals surface area (Å²) < 4.78 is 61.6. The lowest BCUT2D eigenvalue weighted by atomic mass is 10.0. The second-order valence-electron chi connectivity index (χ2n) is 10.9. The fraction of sp³-hybridized carbons (Fsp3) is 0.258. The third kappa shape index (κ3) is 6.13. The Morgan fingerprint density at radius 3 is 2.52 bits per heavy atom. The number of likely N-dealkylation sites (tertiary alicyclic amines) is 1. The van der Waals surface area contributed by atoms with Gasteiger partial charge in [-0.2, -0.15) is 18.3 Å². The van der Waals surface area contributed by atoms with Crippen molar-refractivity contribution in [2.45, 2.75) is 31.6 Å². The van der Waals surface area contributed by atoms with E-state index >= 15 is 0 Å². The summed E-state index contributed by atoms with van der Waals surface area (Å²) in [5.41, 5.74) is 7.49. The maximum atomic E-state index is 14.4. The molecule has 0 saturated carbocycles. The second-order valence-corrected chi connectivity index (χ2v) is 10.9. The van der Waals surface area contributed by atoms with E-state index in [4.69, 9.17) is 15.6 Å². The van der Waals surface area contributed by atoms with E-state index in [1.807, 2.05) is 16.8 Å². The van der Waals surface area contributed by atoms with Gasteiger partial charge in [0.1, 0.15) is 29.4 Å². The third-order valence-electron chi connectivity index (χ3n) is 7.97. The number of rotatable bonds is 7. The molecule has 1 aliphatic heterocycles. The van der Waals surface area contributed by atoms with Crippen molar-refractivity contribution in [1.29, 1.82) is 0 Å². The van der Waals surface area contributed by atoms with E-state index in [2.05, 4.69) is 20.2 Å². The first-order chi connectivity index (χ1) is 22.0. The van der Waals surface area contributed by atoms with Crippen LogP contribution in [0.15, 0.2) is 67.3 Å². The molecule has 1 aliphatic rings. The topological polar surface area (TPSA) is 135 Å². The van der Waals surface area contributed by atoms with Gasteiger partial charge in [0.05, 0.1) is 35.4 Å². The predicted octanol–water partition coefficient (Wildman–Crippen LogP) is 4.86. The number of nitrogen functional groups attached to an aromatic ring is 1. The highest BCUT2D eigenvalue weighted by atomic mass is 19.4. The number of alkyl halides is 3. The Bertz CT molecular complexity index is 1910. The van der Waals surface area contributed by atoms with Gasteiger partial charge < -0.3 is 15.8 Å². The number of nitrogens with one attached hydrogen (secondary N) is 1. The molecule has 1 amide bonds. The molecular formula is C31H29F4N8O3+. The van der Waals surface area contributed by atoms with Gasteiger partial charge in [-0.3, -0.25) is 14.9 Å². The van der Waals surface area contributed by atoms with Crippen molar-refractivity contribution in [3.8, 4) is 17.0 Å². The quantitative estimate of drug-likeness (QED) is 0.131. The molecule has 0 aliphatic carbocycles. The van der Waals surface area contributed by atoms with Crippen LogP contribution in [0.1, 0.15) is 40.4 Å². The minimum Gasteiger partial charge on any atom is -0.495 e. The Balaban J connectivity index is 1.24. The molecule has 0 spiro atoms. The molecule has 15 heteroatoms. The first-order valence-corrected chi connectivity index (χ1v) is 14.3. The number of nitrogens with zero attached hydrogens (tertiary/aromatic N) is 6. The summed E-state index contributed by atoms with van der Waals surface area (Å²) in [7, 11) is 1.38. The molecule has 3 aromatic heterocycles. The first-order valence-electron chi connectivity index (χ1n) is 14.3. The summed E-state index contributed by atoms with van der Waals surface area (Å²) in [4.78, 5) is 23.8. The number of amides is 1. The van der Waals surface area contributed by atoms with Crippen LogP contribution in [0.2, 0.25) is 0 Å². The molecule has 0 unspecified atom stereocenters. The maximum Gasteiger partial charge on any atom is 0.416 e. The van der Waals surface area contributed by atoms with E-state index in [0.717, 1.165) is 48.8 Å². The molecule has 46 heavy (non-hydrogen) atoms. The molecule has 1 saturated heterocycles. The van der Waals surface area contributed by atoms with Crippen LogP contribution in [0, 0.1) is 5.82 Å². The van der Waals surface area contributed by atoms with Crippen LogP contribution in [0.25, 0.3) is 22.3 Å². The number of benzene rings is 2. The largest absolute Gasteiger partial charge is 0.495 e. The maximum absolute atomic E-state index is 14.4. The Labute approximate surface area is 259 Å². The molecule has 5 aromatic rings. The SMILES string of the molecule is COc1cc(-c2nn(C3CCN(Cc4cc[n+](O)cc4)CC3)c3ncnc(N)c23)ccc1NC(=O)c1ccc(C(F)(F)F)cc1F. The minimum absolute atomic E-state index is 0.0382. The summed E-state index contributed by atoms with van der Waals surface area (Å²) in [6.07, 6.45) is 1.45. The van der Waals surface area contributed by atoms with E-state index in [-0.39, 0.29) is 29.4 Å². The number of piperidine rings is 1. The van der Waals surface area contributed by atoms with E-state index in [9.17, 15) is 27.6 Å². The lowest BCUT2D eigenvalue weighted by molar-refractivity contribution is -0.904. The van der Waals surface area contributed by atoms with E-state index in [1.165, 1.54) is 19.5 Å². The molecular weight excluding hydrogens is 608 g/mol. The molecule has 238 valence electrons. The number of anilines is 2. The number of hydrogen-bond donors (Lipinski definition) is 3. The number of carbonyl (C=O) groups excluding carboxylic acids is 1. The fourth-order valence-electron chi connectivity index (χ4n) is 5.59. The lowest BCUT2D eigenvalue weighted by Crippen LogP contribution is -2.35. The summed E-state index contributed by atoms with van der Waals surface area (Å²) in [5.74, 6) is -1.80. The monoisotopic (exact) mass is 637 g/mol. The van der Waals surface area contributed by atoms with Crippen LogP contribution in [0.4, 0.5) is 29.1 Å². The zero-order valence-electron chi connectivity index (χ0n) is 24.5. The standard InChI is InChI=1S/C31H28F4N8O3/c1-46-25-14-19(2-5-24(25)39-30(44)22-4-3-20(15-23(22)32)31(33,34)35)27-26-28(36)37-17-38-29(26)43(40-27)21-8-10-41(11-9-21)16-18-6-12-42(45)13-7-18/h2-7,12-15,17,21H,8-11,16H2,1H3,(H3-,36,37,38,39,40,44,45)/p+1. The molecule has 0 radical (unpaired) electrons. The molecule has 4 heterocycles. The Morgan fingerprint density at radius 2 is 1.85 bits per heavy atom. The van der Waals surface area contributed by atoms with Gasteiger partial charge in [-0.15, -0.1) is 0 Å². The van der Waals surface area contributed by atoms with Gasteiger partial charge in [0.15, 0.2) is 5.65 Å². The number of ether oxygens (including phenoxy) is 1. The normalized spacial score (nSPS) is 14.5. The van der Waals surface area contributed by atoms with Crippen molar-refractivity contribution in [1.82, 2.24) is 24.6 Å². The van der Waals surface area contributed by atoms with Crippen LogP contribution in [-0.2, 0) is 12.7 Å². The van der Waals surface area contributed by atoms with Crippen LogP contribution in [0.5, 0.6) is 5.75 Å². The minimum atomic E-state index is -4.74.